The van der Waals surface area contributed by atoms with Crippen molar-refractivity contribution in [3.05, 3.63) is 76.9 Å². The monoisotopic (exact) mass is 292 g/mol. The van der Waals surface area contributed by atoms with Gasteiger partial charge in [-0.25, -0.2) is 0 Å². The molecular weight excluding hydrogens is 268 g/mol. The van der Waals surface area contributed by atoms with Gasteiger partial charge < -0.3 is 4.74 Å². The average Bonchev–Trinajstić information content (AvgIpc) is 2.52. The van der Waals surface area contributed by atoms with Crippen LogP contribution in [-0.4, -0.2) is 7.11 Å². The van der Waals surface area contributed by atoms with Gasteiger partial charge in [0.2, 0.25) is 0 Å². The van der Waals surface area contributed by atoms with Crippen LogP contribution in [0.3, 0.4) is 0 Å². The average molecular weight is 292 g/mol. The summed E-state index contributed by atoms with van der Waals surface area (Å²) in [5, 5.41) is 0. The molecule has 0 aromatic heterocycles. The Hall–Kier alpha value is -2.28. The Morgan fingerprint density at radius 3 is 2.41 bits per heavy atom. The third-order valence-electron chi connectivity index (χ3n) is 3.89. The smallest absolute Gasteiger partial charge is 0.119 e. The first-order valence-corrected chi connectivity index (χ1v) is 7.62. The van der Waals surface area contributed by atoms with Gasteiger partial charge in [0.05, 0.1) is 7.11 Å². The molecular formula is C21H24O. The fourth-order valence-electron chi connectivity index (χ4n) is 2.67. The largest absolute Gasteiger partial charge is 0.497 e. The van der Waals surface area contributed by atoms with Gasteiger partial charge >= 0.3 is 0 Å². The van der Waals surface area contributed by atoms with Crippen LogP contribution in [0.5, 0.6) is 5.75 Å². The Labute approximate surface area is 134 Å². The molecule has 0 radical (unpaired) electrons. The molecule has 114 valence electrons. The van der Waals surface area contributed by atoms with Crippen molar-refractivity contribution in [3.63, 3.8) is 0 Å². The van der Waals surface area contributed by atoms with E-state index in [1.165, 1.54) is 33.4 Å². The van der Waals surface area contributed by atoms with Crippen molar-refractivity contribution in [2.45, 2.75) is 27.7 Å². The molecule has 0 spiro atoms. The summed E-state index contributed by atoms with van der Waals surface area (Å²) in [7, 11) is 1.70. The highest BCUT2D eigenvalue weighted by atomic mass is 16.5. The van der Waals surface area contributed by atoms with Gasteiger partial charge in [0, 0.05) is 0 Å². The molecule has 0 bridgehead atoms. The molecule has 0 aliphatic heterocycles. The molecule has 0 fully saturated rings. The van der Waals surface area contributed by atoms with E-state index in [1.807, 2.05) is 6.07 Å². The second-order valence-electron chi connectivity index (χ2n) is 5.62. The van der Waals surface area contributed by atoms with Crippen LogP contribution in [0.1, 0.15) is 36.1 Å². The van der Waals surface area contributed by atoms with Crippen LogP contribution in [0.2, 0.25) is 0 Å². The predicted octanol–water partition coefficient (Wildman–Crippen LogP) is 5.82. The maximum Gasteiger partial charge on any atom is 0.119 e. The first kappa shape index (κ1) is 16.1. The molecule has 0 N–H and O–H groups in total. The molecule has 0 saturated heterocycles. The lowest BCUT2D eigenvalue weighted by atomic mass is 9.96. The van der Waals surface area contributed by atoms with Crippen molar-refractivity contribution in [2.75, 3.05) is 7.11 Å². The Bertz CT molecular complexity index is 720. The van der Waals surface area contributed by atoms with Gasteiger partial charge in [-0.05, 0) is 67.7 Å². The lowest BCUT2D eigenvalue weighted by Gasteiger charge is -2.10. The lowest BCUT2D eigenvalue weighted by molar-refractivity contribution is 0.414. The van der Waals surface area contributed by atoms with Gasteiger partial charge in [-0.2, -0.15) is 0 Å². The second-order valence-corrected chi connectivity index (χ2v) is 5.62. The van der Waals surface area contributed by atoms with E-state index in [4.69, 9.17) is 4.74 Å². The van der Waals surface area contributed by atoms with Crippen LogP contribution in [0.4, 0.5) is 0 Å². The maximum absolute atomic E-state index is 5.28. The van der Waals surface area contributed by atoms with Crippen LogP contribution in [0.25, 0.3) is 11.1 Å². The van der Waals surface area contributed by atoms with E-state index in [2.05, 4.69) is 76.2 Å². The number of hydrogen-bond acceptors (Lipinski definition) is 1. The molecule has 1 heteroatoms. The Balaban J connectivity index is 2.38. The van der Waals surface area contributed by atoms with E-state index in [0.717, 1.165) is 5.75 Å². The highest BCUT2D eigenvalue weighted by Crippen LogP contribution is 2.27. The number of ether oxygens (including phenoxy) is 1. The summed E-state index contributed by atoms with van der Waals surface area (Å²) in [6.45, 7) is 8.49. The van der Waals surface area contributed by atoms with Crippen molar-refractivity contribution in [2.24, 2.45) is 0 Å². The molecule has 0 atom stereocenters. The lowest BCUT2D eigenvalue weighted by Crippen LogP contribution is -1.90. The molecule has 0 aliphatic carbocycles. The number of methoxy groups -OCH3 is 1. The quantitative estimate of drug-likeness (QED) is 0.645. The van der Waals surface area contributed by atoms with Gasteiger partial charge in [-0.3, -0.25) is 0 Å². The zero-order valence-corrected chi connectivity index (χ0v) is 14.1. The van der Waals surface area contributed by atoms with Crippen molar-refractivity contribution in [1.29, 1.82) is 0 Å². The highest BCUT2D eigenvalue weighted by molar-refractivity contribution is 5.84. The summed E-state index contributed by atoms with van der Waals surface area (Å²) in [5.41, 5.74) is 7.53. The molecule has 0 aliphatic rings. The van der Waals surface area contributed by atoms with Gasteiger partial charge in [0.1, 0.15) is 5.75 Å². The van der Waals surface area contributed by atoms with E-state index in [1.54, 1.807) is 7.11 Å². The molecule has 0 saturated carbocycles. The van der Waals surface area contributed by atoms with Crippen LogP contribution in [0.15, 0.2) is 54.6 Å². The number of benzene rings is 2. The van der Waals surface area contributed by atoms with Crippen molar-refractivity contribution in [1.82, 2.24) is 0 Å². The van der Waals surface area contributed by atoms with Gasteiger partial charge in [0.15, 0.2) is 0 Å². The molecule has 0 heterocycles. The topological polar surface area (TPSA) is 9.23 Å². The fraction of sp³-hybridized carbons (Fsp3) is 0.238. The zero-order valence-electron chi connectivity index (χ0n) is 14.1. The van der Waals surface area contributed by atoms with E-state index in [-0.39, 0.29) is 0 Å². The van der Waals surface area contributed by atoms with Gasteiger partial charge in [0.25, 0.3) is 0 Å². The van der Waals surface area contributed by atoms with Crippen LogP contribution in [-0.2, 0) is 0 Å². The molecule has 2 rings (SSSR count). The molecule has 22 heavy (non-hydrogen) atoms. The number of hydrogen-bond donors (Lipinski definition) is 0. The predicted molar refractivity (Wildman–Crippen MR) is 96.2 cm³/mol. The second kappa shape index (κ2) is 7.13. The number of allylic oxidation sites excluding steroid dienone is 4. The third-order valence-corrected chi connectivity index (χ3v) is 3.89. The summed E-state index contributed by atoms with van der Waals surface area (Å²) in [6, 6.07) is 14.8. The Morgan fingerprint density at radius 2 is 1.82 bits per heavy atom. The minimum atomic E-state index is 0.902. The first-order chi connectivity index (χ1) is 10.5. The first-order valence-electron chi connectivity index (χ1n) is 7.62. The molecule has 1 nitrogen and oxygen atoms in total. The summed E-state index contributed by atoms with van der Waals surface area (Å²) >= 11 is 0. The van der Waals surface area contributed by atoms with Crippen LogP contribution in [0, 0.1) is 13.8 Å². The molecule has 0 unspecified atom stereocenters. The third kappa shape index (κ3) is 3.67. The van der Waals surface area contributed by atoms with E-state index in [0.29, 0.717) is 0 Å². The summed E-state index contributed by atoms with van der Waals surface area (Å²) < 4.78 is 5.28. The highest BCUT2D eigenvalue weighted by Gasteiger charge is 2.05. The van der Waals surface area contributed by atoms with E-state index >= 15 is 0 Å². The molecule has 2 aromatic rings. The summed E-state index contributed by atoms with van der Waals surface area (Å²) in [5.74, 6) is 0.902. The SMILES string of the molecule is CC=C(/C=C(/C)c1ccc(OC)cc1C)c1cccc(C)c1. The van der Waals surface area contributed by atoms with Crippen LogP contribution >= 0.6 is 0 Å². The number of aryl methyl sites for hydroxylation is 2. The minimum Gasteiger partial charge on any atom is -0.497 e. The van der Waals surface area contributed by atoms with Crippen molar-refractivity contribution >= 4 is 11.1 Å². The standard InChI is InChI=1S/C21H24O/c1-6-18(19-9-7-8-15(2)12-19)13-16(3)21-11-10-20(22-5)14-17(21)4/h6-14H,1-5H3/b16-13-,18-6?. The Kier molecular flexibility index (Phi) is 5.21. The van der Waals surface area contributed by atoms with Gasteiger partial charge in [-0.1, -0.05) is 48.0 Å². The van der Waals surface area contributed by atoms with Crippen LogP contribution < -0.4 is 4.74 Å². The molecule has 2 aromatic carbocycles. The summed E-state index contributed by atoms with van der Waals surface area (Å²) in [4.78, 5) is 0. The Morgan fingerprint density at radius 1 is 1.05 bits per heavy atom. The fourth-order valence-corrected chi connectivity index (χ4v) is 2.67. The van der Waals surface area contributed by atoms with E-state index in [9.17, 15) is 0 Å². The zero-order chi connectivity index (χ0) is 16.1. The number of rotatable bonds is 4. The van der Waals surface area contributed by atoms with Gasteiger partial charge in [-0.15, -0.1) is 0 Å². The van der Waals surface area contributed by atoms with E-state index < -0.39 is 0 Å². The normalized spacial score (nSPS) is 12.4. The van der Waals surface area contributed by atoms with Crippen molar-refractivity contribution in [3.8, 4) is 5.75 Å². The minimum absolute atomic E-state index is 0.902. The summed E-state index contributed by atoms with van der Waals surface area (Å²) in [6.07, 6.45) is 4.42. The maximum atomic E-state index is 5.28. The molecule has 0 amide bonds. The van der Waals surface area contributed by atoms with Crippen molar-refractivity contribution < 1.29 is 4.74 Å².